The van der Waals surface area contributed by atoms with E-state index in [2.05, 4.69) is 15.9 Å². The molecule has 0 radical (unpaired) electrons. The van der Waals surface area contributed by atoms with Crippen LogP contribution in [0.4, 0.5) is 0 Å². The molecule has 0 saturated heterocycles. The van der Waals surface area contributed by atoms with Gasteiger partial charge in [0.25, 0.3) is 0 Å². The van der Waals surface area contributed by atoms with E-state index < -0.39 is 0 Å². The lowest BCUT2D eigenvalue weighted by Gasteiger charge is -2.14. The molecular formula is C7H15BrO2. The highest BCUT2D eigenvalue weighted by Gasteiger charge is 2.04. The number of rotatable bonds is 6. The van der Waals surface area contributed by atoms with Crippen LogP contribution in [0.25, 0.3) is 0 Å². The molecule has 0 aromatic rings. The first-order valence-corrected chi connectivity index (χ1v) is 4.76. The predicted octanol–water partition coefficient (Wildman–Crippen LogP) is 2.17. The molecule has 0 N–H and O–H groups in total. The van der Waals surface area contributed by atoms with Crippen molar-refractivity contribution in [3.63, 3.8) is 0 Å². The summed E-state index contributed by atoms with van der Waals surface area (Å²) in [4.78, 5) is 0. The maximum Gasteiger partial charge on any atom is 0.158 e. The van der Waals surface area contributed by atoms with Gasteiger partial charge in [-0.2, -0.15) is 0 Å². The van der Waals surface area contributed by atoms with Gasteiger partial charge in [-0.3, -0.25) is 0 Å². The fraction of sp³-hybridized carbons (Fsp3) is 1.00. The molecule has 0 spiro atoms. The first-order chi connectivity index (χ1) is 4.85. The van der Waals surface area contributed by atoms with Crippen molar-refractivity contribution in [2.75, 3.05) is 18.5 Å². The highest BCUT2D eigenvalue weighted by Crippen LogP contribution is 2.02. The van der Waals surface area contributed by atoms with Crippen LogP contribution >= 0.6 is 15.9 Å². The van der Waals surface area contributed by atoms with Gasteiger partial charge in [0.15, 0.2) is 6.29 Å². The van der Waals surface area contributed by atoms with Crippen molar-refractivity contribution in [2.24, 2.45) is 0 Å². The monoisotopic (exact) mass is 210 g/mol. The maximum atomic E-state index is 5.27. The van der Waals surface area contributed by atoms with Crippen molar-refractivity contribution < 1.29 is 9.47 Å². The van der Waals surface area contributed by atoms with Crippen LogP contribution in [-0.4, -0.2) is 24.8 Å². The van der Waals surface area contributed by atoms with Gasteiger partial charge >= 0.3 is 0 Å². The molecule has 10 heavy (non-hydrogen) atoms. The summed E-state index contributed by atoms with van der Waals surface area (Å²) in [7, 11) is 0. The molecule has 2 nitrogen and oxygen atoms in total. The number of hydrogen-bond acceptors (Lipinski definition) is 2. The van der Waals surface area contributed by atoms with Crippen LogP contribution in [0.3, 0.4) is 0 Å². The SMILES string of the molecule is CCOC(CCBr)OCC. The van der Waals surface area contributed by atoms with Crippen LogP contribution in [0.1, 0.15) is 20.3 Å². The Morgan fingerprint density at radius 1 is 1.20 bits per heavy atom. The van der Waals surface area contributed by atoms with Gasteiger partial charge in [-0.25, -0.2) is 0 Å². The van der Waals surface area contributed by atoms with Crippen LogP contribution < -0.4 is 0 Å². The van der Waals surface area contributed by atoms with Gasteiger partial charge in [-0.15, -0.1) is 0 Å². The number of hydrogen-bond donors (Lipinski definition) is 0. The summed E-state index contributed by atoms with van der Waals surface area (Å²) in [6, 6.07) is 0. The van der Waals surface area contributed by atoms with Crippen molar-refractivity contribution in [1.29, 1.82) is 0 Å². The van der Waals surface area contributed by atoms with Crippen molar-refractivity contribution >= 4 is 15.9 Å². The molecule has 0 bridgehead atoms. The molecule has 0 amide bonds. The van der Waals surface area contributed by atoms with E-state index in [1.54, 1.807) is 0 Å². The summed E-state index contributed by atoms with van der Waals surface area (Å²) in [5.74, 6) is 0. The average Bonchev–Trinajstić information content (AvgIpc) is 1.90. The van der Waals surface area contributed by atoms with Crippen LogP contribution in [-0.2, 0) is 9.47 Å². The Morgan fingerprint density at radius 2 is 1.70 bits per heavy atom. The Kier molecular flexibility index (Phi) is 7.81. The first kappa shape index (κ1) is 10.4. The van der Waals surface area contributed by atoms with Crippen LogP contribution in [0.5, 0.6) is 0 Å². The Hall–Kier alpha value is 0.400. The summed E-state index contributed by atoms with van der Waals surface area (Å²) in [5.41, 5.74) is 0. The highest BCUT2D eigenvalue weighted by molar-refractivity contribution is 9.09. The second-order valence-electron chi connectivity index (χ2n) is 1.82. The van der Waals surface area contributed by atoms with E-state index in [-0.39, 0.29) is 6.29 Å². The number of halogens is 1. The van der Waals surface area contributed by atoms with E-state index in [0.717, 1.165) is 25.0 Å². The van der Waals surface area contributed by atoms with Crippen molar-refractivity contribution in [2.45, 2.75) is 26.6 Å². The van der Waals surface area contributed by atoms with Crippen molar-refractivity contribution in [3.8, 4) is 0 Å². The minimum atomic E-state index is -0.0191. The van der Waals surface area contributed by atoms with Gasteiger partial charge in [-0.1, -0.05) is 15.9 Å². The summed E-state index contributed by atoms with van der Waals surface area (Å²) in [6.07, 6.45) is 0.899. The highest BCUT2D eigenvalue weighted by atomic mass is 79.9. The third kappa shape index (κ3) is 5.21. The molecule has 0 atom stereocenters. The van der Waals surface area contributed by atoms with E-state index in [1.165, 1.54) is 0 Å². The Morgan fingerprint density at radius 3 is 2.00 bits per heavy atom. The maximum absolute atomic E-state index is 5.27. The summed E-state index contributed by atoms with van der Waals surface area (Å²) >= 11 is 3.33. The number of alkyl halides is 1. The lowest BCUT2D eigenvalue weighted by molar-refractivity contribution is -0.136. The summed E-state index contributed by atoms with van der Waals surface area (Å²) in [5, 5.41) is 0.928. The molecular weight excluding hydrogens is 196 g/mol. The van der Waals surface area contributed by atoms with E-state index in [4.69, 9.17) is 9.47 Å². The van der Waals surface area contributed by atoms with E-state index in [9.17, 15) is 0 Å². The zero-order chi connectivity index (χ0) is 7.82. The molecule has 0 aliphatic heterocycles. The van der Waals surface area contributed by atoms with Crippen LogP contribution in [0.15, 0.2) is 0 Å². The number of ether oxygens (including phenoxy) is 2. The van der Waals surface area contributed by atoms with Gasteiger partial charge in [0.05, 0.1) is 0 Å². The van der Waals surface area contributed by atoms with Gasteiger partial charge < -0.3 is 9.47 Å². The predicted molar refractivity (Wildman–Crippen MR) is 45.5 cm³/mol. The Bertz CT molecular complexity index is 54.4. The molecule has 0 saturated carbocycles. The minimum Gasteiger partial charge on any atom is -0.353 e. The van der Waals surface area contributed by atoms with E-state index in [1.807, 2.05) is 13.8 Å². The van der Waals surface area contributed by atoms with Crippen LogP contribution in [0, 0.1) is 0 Å². The lowest BCUT2D eigenvalue weighted by atomic mass is 10.5. The van der Waals surface area contributed by atoms with Crippen LogP contribution in [0.2, 0.25) is 0 Å². The topological polar surface area (TPSA) is 18.5 Å². The van der Waals surface area contributed by atoms with Crippen molar-refractivity contribution in [3.05, 3.63) is 0 Å². The lowest BCUT2D eigenvalue weighted by Crippen LogP contribution is -2.17. The fourth-order valence-corrected chi connectivity index (χ4v) is 1.05. The molecule has 0 fully saturated rings. The largest absolute Gasteiger partial charge is 0.353 e. The van der Waals surface area contributed by atoms with Gasteiger partial charge in [-0.05, 0) is 13.8 Å². The third-order valence-electron chi connectivity index (χ3n) is 1.05. The molecule has 0 aromatic heterocycles. The molecule has 3 heteroatoms. The smallest absolute Gasteiger partial charge is 0.158 e. The summed E-state index contributed by atoms with van der Waals surface area (Å²) in [6.45, 7) is 5.38. The molecule has 62 valence electrons. The molecule has 0 unspecified atom stereocenters. The fourth-order valence-electron chi connectivity index (χ4n) is 0.676. The van der Waals surface area contributed by atoms with E-state index in [0.29, 0.717) is 0 Å². The molecule has 0 heterocycles. The zero-order valence-corrected chi connectivity index (χ0v) is 8.19. The second-order valence-corrected chi connectivity index (χ2v) is 2.61. The Balaban J connectivity index is 3.30. The quantitative estimate of drug-likeness (QED) is 0.495. The average molecular weight is 211 g/mol. The first-order valence-electron chi connectivity index (χ1n) is 3.64. The molecule has 0 aromatic carbocycles. The second kappa shape index (κ2) is 7.51. The van der Waals surface area contributed by atoms with Gasteiger partial charge in [0, 0.05) is 25.0 Å². The zero-order valence-electron chi connectivity index (χ0n) is 6.60. The molecule has 0 rings (SSSR count). The normalized spacial score (nSPS) is 10.8. The standard InChI is InChI=1S/C7H15BrO2/c1-3-9-7(5-6-8)10-4-2/h7H,3-6H2,1-2H3. The third-order valence-corrected chi connectivity index (χ3v) is 1.51. The van der Waals surface area contributed by atoms with Gasteiger partial charge in [0.2, 0.25) is 0 Å². The minimum absolute atomic E-state index is 0.0191. The molecule has 0 aliphatic carbocycles. The van der Waals surface area contributed by atoms with Gasteiger partial charge in [0.1, 0.15) is 0 Å². The van der Waals surface area contributed by atoms with Crippen molar-refractivity contribution in [1.82, 2.24) is 0 Å². The molecule has 0 aliphatic rings. The summed E-state index contributed by atoms with van der Waals surface area (Å²) < 4.78 is 10.5. The Labute approximate surface area is 71.0 Å². The van der Waals surface area contributed by atoms with E-state index >= 15 is 0 Å².